The third-order valence-corrected chi connectivity index (χ3v) is 12.7. The van der Waals surface area contributed by atoms with Crippen LogP contribution in [0.25, 0.3) is 0 Å². The molecule has 3 aliphatic rings. The van der Waals surface area contributed by atoms with Crippen LogP contribution in [0.15, 0.2) is 73.8 Å². The van der Waals surface area contributed by atoms with Gasteiger partial charge in [0, 0.05) is 61.1 Å². The highest BCUT2D eigenvalue weighted by Gasteiger charge is 2.77. The molecular weight excluding hydrogens is 649 g/mol. The predicted molar refractivity (Wildman–Crippen MR) is 204 cm³/mol. The van der Waals surface area contributed by atoms with Crippen LogP contribution in [0.5, 0.6) is 5.75 Å². The Kier molecular flexibility index (Phi) is 12.0. The topological polar surface area (TPSA) is 93.6 Å². The molecule has 1 spiro atoms. The van der Waals surface area contributed by atoms with E-state index in [1.54, 1.807) is 38.6 Å². The molecule has 3 heterocycles. The number of carbonyl (C=O) groups is 3. The van der Waals surface area contributed by atoms with Gasteiger partial charge in [-0.2, -0.15) is 0 Å². The summed E-state index contributed by atoms with van der Waals surface area (Å²) < 4.78 is 4.37. The van der Waals surface area contributed by atoms with E-state index < -0.39 is 27.4 Å². The lowest BCUT2D eigenvalue weighted by atomic mass is 9.66. The largest absolute Gasteiger partial charge is 0.494 e. The molecule has 5 rings (SSSR count). The molecule has 0 radical (unpaired) electrons. The summed E-state index contributed by atoms with van der Waals surface area (Å²) in [6.45, 7) is 19.5. The normalized spacial score (nSPS) is 24.9. The van der Waals surface area contributed by atoms with Gasteiger partial charge in [0.15, 0.2) is 0 Å². The number of thioether (sulfide) groups is 1. The van der Waals surface area contributed by atoms with Gasteiger partial charge in [0.2, 0.25) is 11.8 Å². The lowest BCUT2D eigenvalue weighted by Gasteiger charge is -2.38. The van der Waals surface area contributed by atoms with Gasteiger partial charge in [-0.3, -0.25) is 14.4 Å². The summed E-state index contributed by atoms with van der Waals surface area (Å²) in [7, 11) is 0. The summed E-state index contributed by atoms with van der Waals surface area (Å²) in [4.78, 5) is 52.2. The van der Waals surface area contributed by atoms with Crippen LogP contribution in [0.1, 0.15) is 59.8 Å². The second-order valence-electron chi connectivity index (χ2n) is 13.6. The molecule has 3 fully saturated rings. The van der Waals surface area contributed by atoms with E-state index in [0.29, 0.717) is 51.2 Å². The van der Waals surface area contributed by atoms with E-state index in [1.165, 1.54) is 0 Å². The van der Waals surface area contributed by atoms with Crippen molar-refractivity contribution in [3.8, 4) is 5.75 Å². The molecule has 50 heavy (non-hydrogen) atoms. The molecule has 0 aliphatic carbocycles. The number of unbranched alkanes of at least 4 members (excludes halogenated alkanes) is 2. The van der Waals surface area contributed by atoms with E-state index in [1.807, 2.05) is 55.5 Å². The van der Waals surface area contributed by atoms with Crippen molar-refractivity contribution in [3.63, 3.8) is 0 Å². The lowest BCUT2D eigenvalue weighted by molar-refractivity contribution is -0.139. The number of aliphatic hydroxyl groups excluding tert-OH is 1. The molecular formula is C40H54N4O5S. The molecule has 5 atom stereocenters. The SMILES string of the molecule is C=CCN(C(=O)C1N(CCCCCO)C(=O)[C@@H]2[C@H](C(=O)N(CC=C)c3ccc(OCC)cc3)[C@]3(C)CCC12S3)c1ccc(N(CC)CC)cc1. The second kappa shape index (κ2) is 16.1. The average molecular weight is 703 g/mol. The highest BCUT2D eigenvalue weighted by molar-refractivity contribution is 8.02. The van der Waals surface area contributed by atoms with Gasteiger partial charge in [-0.25, -0.2) is 0 Å². The summed E-state index contributed by atoms with van der Waals surface area (Å²) >= 11 is 1.68. The number of ether oxygens (including phenoxy) is 1. The highest BCUT2D eigenvalue weighted by Crippen LogP contribution is 2.71. The first kappa shape index (κ1) is 37.5. The van der Waals surface area contributed by atoms with Gasteiger partial charge in [0.1, 0.15) is 11.8 Å². The number of rotatable bonds is 18. The van der Waals surface area contributed by atoms with Gasteiger partial charge < -0.3 is 29.4 Å². The number of aliphatic hydroxyl groups is 1. The Bertz CT molecular complexity index is 1530. The van der Waals surface area contributed by atoms with Gasteiger partial charge in [0.25, 0.3) is 5.91 Å². The first-order valence-corrected chi connectivity index (χ1v) is 19.0. The molecule has 0 aromatic heterocycles. The van der Waals surface area contributed by atoms with Gasteiger partial charge in [-0.05, 0) is 108 Å². The maximum absolute atomic E-state index is 15.1. The highest BCUT2D eigenvalue weighted by atomic mass is 32.2. The van der Waals surface area contributed by atoms with Crippen molar-refractivity contribution in [2.24, 2.45) is 11.8 Å². The van der Waals surface area contributed by atoms with E-state index in [2.05, 4.69) is 38.8 Å². The standard InChI is InChI=1S/C40H54N4O5S/c1-7-25-42(31-19-21-32(22-20-31)49-11-5)36(46)33-34-37(47)44(27-13-12-14-28-45)35(40(34)24-23-39(33,6)50-40)38(48)43(26-8-2)30-17-15-29(16-18-30)41(9-3)10-4/h7-8,15-22,33-35,45H,1-2,9-14,23-28H2,3-6H3/t33-,34+,35?,39+,40?/m1/s1. The molecule has 9 nitrogen and oxygen atoms in total. The molecule has 10 heteroatoms. The van der Waals surface area contributed by atoms with E-state index in [0.717, 1.165) is 43.1 Å². The average Bonchev–Trinajstić information content (AvgIpc) is 3.69. The molecule has 2 bridgehead atoms. The van der Waals surface area contributed by atoms with Crippen LogP contribution in [-0.4, -0.2) is 89.2 Å². The van der Waals surface area contributed by atoms with E-state index >= 15 is 4.79 Å². The third kappa shape index (κ3) is 6.81. The summed E-state index contributed by atoms with van der Waals surface area (Å²) in [5.74, 6) is -0.914. The van der Waals surface area contributed by atoms with Crippen LogP contribution < -0.4 is 19.4 Å². The molecule has 270 valence electrons. The number of benzene rings is 2. The number of nitrogens with zero attached hydrogens (tertiary/aromatic N) is 4. The Labute approximate surface area is 302 Å². The molecule has 2 aromatic carbocycles. The molecule has 3 amide bonds. The molecule has 2 aromatic rings. The Balaban J connectivity index is 1.54. The second-order valence-corrected chi connectivity index (χ2v) is 15.5. The van der Waals surface area contributed by atoms with Crippen LogP contribution in [0, 0.1) is 11.8 Å². The zero-order valence-corrected chi connectivity index (χ0v) is 31.0. The zero-order valence-electron chi connectivity index (χ0n) is 30.2. The number of likely N-dealkylation sites (tertiary alicyclic amines) is 1. The minimum absolute atomic E-state index is 0.0783. The molecule has 3 saturated heterocycles. The van der Waals surface area contributed by atoms with Crippen molar-refractivity contribution < 1.29 is 24.2 Å². The molecule has 3 aliphatic heterocycles. The van der Waals surface area contributed by atoms with Crippen LogP contribution in [0.2, 0.25) is 0 Å². The van der Waals surface area contributed by atoms with Gasteiger partial charge >= 0.3 is 0 Å². The molecule has 0 saturated carbocycles. The van der Waals surface area contributed by atoms with Crippen LogP contribution in [0.3, 0.4) is 0 Å². The zero-order chi connectivity index (χ0) is 36.1. The quantitative estimate of drug-likeness (QED) is 0.144. The van der Waals surface area contributed by atoms with Crippen LogP contribution in [-0.2, 0) is 14.4 Å². The Morgan fingerprint density at radius 1 is 0.900 bits per heavy atom. The summed E-state index contributed by atoms with van der Waals surface area (Å²) in [6, 6.07) is 14.8. The minimum atomic E-state index is -0.751. The number of anilines is 3. The fourth-order valence-corrected chi connectivity index (χ4v) is 10.8. The summed E-state index contributed by atoms with van der Waals surface area (Å²) in [6.07, 6.45) is 6.86. The Morgan fingerprint density at radius 2 is 1.48 bits per heavy atom. The van der Waals surface area contributed by atoms with Gasteiger partial charge in [-0.15, -0.1) is 24.9 Å². The van der Waals surface area contributed by atoms with Crippen molar-refractivity contribution in [2.45, 2.75) is 75.3 Å². The number of hydrogen-bond acceptors (Lipinski definition) is 7. The first-order chi connectivity index (χ1) is 24.1. The van der Waals surface area contributed by atoms with Crippen molar-refractivity contribution >= 4 is 46.5 Å². The minimum Gasteiger partial charge on any atom is -0.494 e. The molecule has 1 N–H and O–H groups in total. The number of carbonyl (C=O) groups excluding carboxylic acids is 3. The van der Waals surface area contributed by atoms with E-state index in [9.17, 15) is 14.7 Å². The maximum atomic E-state index is 15.1. The monoisotopic (exact) mass is 702 g/mol. The van der Waals surface area contributed by atoms with Crippen LogP contribution >= 0.6 is 11.8 Å². The lowest BCUT2D eigenvalue weighted by Crippen LogP contribution is -2.55. The Hall–Kier alpha value is -3.76. The number of amides is 3. The summed E-state index contributed by atoms with van der Waals surface area (Å²) in [5.41, 5.74) is 2.55. The van der Waals surface area contributed by atoms with E-state index in [4.69, 9.17) is 4.74 Å². The number of hydrogen-bond donors (Lipinski definition) is 1. The number of fused-ring (bicyclic) bond motifs is 1. The van der Waals surface area contributed by atoms with Crippen molar-refractivity contribution in [1.82, 2.24) is 4.90 Å². The predicted octanol–water partition coefficient (Wildman–Crippen LogP) is 6.31. The Morgan fingerprint density at radius 3 is 2.04 bits per heavy atom. The van der Waals surface area contributed by atoms with Gasteiger partial charge in [-0.1, -0.05) is 12.2 Å². The first-order valence-electron chi connectivity index (χ1n) is 18.2. The van der Waals surface area contributed by atoms with Gasteiger partial charge in [0.05, 0.1) is 23.2 Å². The van der Waals surface area contributed by atoms with Crippen molar-refractivity contribution in [3.05, 3.63) is 73.8 Å². The summed E-state index contributed by atoms with van der Waals surface area (Å²) in [5, 5.41) is 9.45. The third-order valence-electron chi connectivity index (χ3n) is 10.7. The van der Waals surface area contributed by atoms with Crippen molar-refractivity contribution in [1.29, 1.82) is 0 Å². The van der Waals surface area contributed by atoms with E-state index in [-0.39, 0.29) is 24.3 Å². The maximum Gasteiger partial charge on any atom is 0.251 e. The smallest absolute Gasteiger partial charge is 0.251 e. The van der Waals surface area contributed by atoms with Crippen molar-refractivity contribution in [2.75, 3.05) is 60.6 Å². The molecule has 2 unspecified atom stereocenters. The van der Waals surface area contributed by atoms with Crippen LogP contribution in [0.4, 0.5) is 17.1 Å². The fraction of sp³-hybridized carbons (Fsp3) is 0.525. The fourth-order valence-electron chi connectivity index (χ4n) is 8.43.